The SMILES string of the molecule is O=C(OCC1CC1)c1cccn1S(=O)(=O)c1cc(Cl)ccc1[N+](=O)[O-]. The smallest absolute Gasteiger partial charge is 0.356 e. The van der Waals surface area contributed by atoms with Crippen LogP contribution in [-0.2, 0) is 14.8 Å². The summed E-state index contributed by atoms with van der Waals surface area (Å²) in [6.07, 6.45) is 3.08. The second-order valence-corrected chi connectivity index (χ2v) is 7.83. The molecule has 2 aromatic rings. The van der Waals surface area contributed by atoms with Gasteiger partial charge in [-0.05, 0) is 43.0 Å². The van der Waals surface area contributed by atoms with Crippen LogP contribution in [0.25, 0.3) is 0 Å². The molecule has 0 radical (unpaired) electrons. The third kappa shape index (κ3) is 3.52. The van der Waals surface area contributed by atoms with Crippen LogP contribution in [-0.4, -0.2) is 29.9 Å². The van der Waals surface area contributed by atoms with Crippen molar-refractivity contribution in [2.75, 3.05) is 6.61 Å². The molecule has 132 valence electrons. The Balaban J connectivity index is 2.01. The van der Waals surface area contributed by atoms with E-state index in [9.17, 15) is 23.3 Å². The molecule has 8 nitrogen and oxygen atoms in total. The fourth-order valence-corrected chi connectivity index (χ4v) is 3.99. The first-order valence-corrected chi connectivity index (χ1v) is 9.16. The second-order valence-electron chi connectivity index (χ2n) is 5.61. The Morgan fingerprint density at radius 2 is 2.08 bits per heavy atom. The molecule has 0 unspecified atom stereocenters. The standard InChI is InChI=1S/C15H13ClN2O6S/c16-11-5-6-12(18(20)21)14(8-11)25(22,23)17-7-1-2-13(17)15(19)24-9-10-3-4-10/h1-2,5-8,10H,3-4,9H2. The number of halogens is 1. The molecule has 0 saturated heterocycles. The summed E-state index contributed by atoms with van der Waals surface area (Å²) in [4.78, 5) is 21.9. The number of carbonyl (C=O) groups is 1. The van der Waals surface area contributed by atoms with Gasteiger partial charge in [-0.25, -0.2) is 17.2 Å². The Hall–Kier alpha value is -2.39. The molecule has 0 bridgehead atoms. The Labute approximate surface area is 148 Å². The van der Waals surface area contributed by atoms with Crippen LogP contribution in [0.2, 0.25) is 5.02 Å². The van der Waals surface area contributed by atoms with Gasteiger partial charge in [-0.15, -0.1) is 0 Å². The maximum atomic E-state index is 12.8. The Bertz CT molecular complexity index is 949. The van der Waals surface area contributed by atoms with Gasteiger partial charge in [0.15, 0.2) is 4.90 Å². The molecule has 0 spiro atoms. The summed E-state index contributed by atoms with van der Waals surface area (Å²) in [5.74, 6) is -0.483. The molecule has 1 heterocycles. The Morgan fingerprint density at radius 3 is 2.72 bits per heavy atom. The van der Waals surface area contributed by atoms with Crippen molar-refractivity contribution in [1.29, 1.82) is 0 Å². The Morgan fingerprint density at radius 1 is 1.36 bits per heavy atom. The molecule has 1 aromatic heterocycles. The molecule has 0 aliphatic heterocycles. The van der Waals surface area contributed by atoms with Crippen molar-refractivity contribution >= 4 is 33.3 Å². The van der Waals surface area contributed by atoms with Crippen molar-refractivity contribution in [3.63, 3.8) is 0 Å². The third-order valence-electron chi connectivity index (χ3n) is 3.72. The van der Waals surface area contributed by atoms with Gasteiger partial charge in [-0.2, -0.15) is 0 Å². The predicted molar refractivity (Wildman–Crippen MR) is 88.1 cm³/mol. The zero-order valence-corrected chi connectivity index (χ0v) is 14.4. The largest absolute Gasteiger partial charge is 0.461 e. The monoisotopic (exact) mass is 384 g/mol. The van der Waals surface area contributed by atoms with Crippen molar-refractivity contribution in [2.24, 2.45) is 5.92 Å². The van der Waals surface area contributed by atoms with Crippen LogP contribution in [0.4, 0.5) is 5.69 Å². The van der Waals surface area contributed by atoms with Gasteiger partial charge in [0.2, 0.25) is 0 Å². The highest BCUT2D eigenvalue weighted by Crippen LogP contribution is 2.31. The predicted octanol–water partition coefficient (Wildman–Crippen LogP) is 2.85. The van der Waals surface area contributed by atoms with Crippen LogP contribution in [0.1, 0.15) is 23.3 Å². The van der Waals surface area contributed by atoms with Crippen molar-refractivity contribution in [2.45, 2.75) is 17.7 Å². The molecule has 1 saturated carbocycles. The van der Waals surface area contributed by atoms with Crippen LogP contribution < -0.4 is 0 Å². The number of hydrogen-bond acceptors (Lipinski definition) is 6. The summed E-state index contributed by atoms with van der Waals surface area (Å²) >= 11 is 5.79. The quantitative estimate of drug-likeness (QED) is 0.430. The van der Waals surface area contributed by atoms with E-state index in [4.69, 9.17) is 16.3 Å². The number of esters is 1. The molecule has 1 aliphatic rings. The number of ether oxygens (including phenoxy) is 1. The van der Waals surface area contributed by atoms with Gasteiger partial charge in [-0.1, -0.05) is 11.6 Å². The van der Waals surface area contributed by atoms with E-state index in [1.807, 2.05) is 0 Å². The number of nitro benzene ring substituents is 1. The lowest BCUT2D eigenvalue weighted by molar-refractivity contribution is -0.387. The average molecular weight is 385 g/mol. The number of carbonyl (C=O) groups excluding carboxylic acids is 1. The molecule has 0 N–H and O–H groups in total. The topological polar surface area (TPSA) is 109 Å². The molecule has 1 fully saturated rings. The molecule has 1 aromatic carbocycles. The summed E-state index contributed by atoms with van der Waals surface area (Å²) in [5, 5.41) is 11.2. The summed E-state index contributed by atoms with van der Waals surface area (Å²) < 4.78 is 31.4. The zero-order chi connectivity index (χ0) is 18.2. The van der Waals surface area contributed by atoms with Gasteiger partial charge in [0.1, 0.15) is 5.69 Å². The van der Waals surface area contributed by atoms with Crippen LogP contribution in [0.3, 0.4) is 0 Å². The minimum atomic E-state index is -4.40. The van der Waals surface area contributed by atoms with E-state index in [1.54, 1.807) is 0 Å². The number of benzene rings is 1. The molecular weight excluding hydrogens is 372 g/mol. The van der Waals surface area contributed by atoms with Crippen molar-refractivity contribution in [3.8, 4) is 0 Å². The van der Waals surface area contributed by atoms with E-state index in [1.165, 1.54) is 18.2 Å². The van der Waals surface area contributed by atoms with Gasteiger partial charge < -0.3 is 4.74 Å². The van der Waals surface area contributed by atoms with E-state index in [-0.39, 0.29) is 17.3 Å². The minimum Gasteiger partial charge on any atom is -0.461 e. The first kappa shape index (κ1) is 17.4. The fraction of sp³-hybridized carbons (Fsp3) is 0.267. The van der Waals surface area contributed by atoms with Crippen LogP contribution in [0.15, 0.2) is 41.4 Å². The molecule has 0 amide bonds. The number of nitro groups is 1. The number of rotatable bonds is 6. The maximum Gasteiger partial charge on any atom is 0.356 e. The lowest BCUT2D eigenvalue weighted by atomic mass is 10.3. The number of hydrogen-bond donors (Lipinski definition) is 0. The Kier molecular flexibility index (Phi) is 4.53. The number of aromatic nitrogens is 1. The molecule has 25 heavy (non-hydrogen) atoms. The van der Waals surface area contributed by atoms with Crippen molar-refractivity contribution in [1.82, 2.24) is 3.97 Å². The summed E-state index contributed by atoms with van der Waals surface area (Å²) in [6, 6.07) is 5.84. The summed E-state index contributed by atoms with van der Waals surface area (Å²) in [5.41, 5.74) is -0.856. The van der Waals surface area contributed by atoms with E-state index < -0.39 is 31.5 Å². The zero-order valence-electron chi connectivity index (χ0n) is 12.8. The third-order valence-corrected chi connectivity index (χ3v) is 5.68. The van der Waals surface area contributed by atoms with Crippen LogP contribution in [0, 0.1) is 16.0 Å². The molecule has 3 rings (SSSR count). The van der Waals surface area contributed by atoms with Gasteiger partial charge in [0, 0.05) is 17.3 Å². The van der Waals surface area contributed by atoms with Crippen molar-refractivity contribution in [3.05, 3.63) is 57.4 Å². The molecule has 1 aliphatic carbocycles. The normalized spacial score (nSPS) is 14.3. The number of nitrogens with zero attached hydrogens (tertiary/aromatic N) is 2. The van der Waals surface area contributed by atoms with Crippen molar-refractivity contribution < 1.29 is 22.9 Å². The highest BCUT2D eigenvalue weighted by Gasteiger charge is 2.31. The first-order valence-electron chi connectivity index (χ1n) is 7.34. The molecular formula is C15H13ClN2O6S. The molecule has 10 heteroatoms. The summed E-state index contributed by atoms with van der Waals surface area (Å²) in [7, 11) is -4.40. The second kappa shape index (κ2) is 6.49. The minimum absolute atomic E-state index is 0.0224. The van der Waals surface area contributed by atoms with Gasteiger partial charge in [-0.3, -0.25) is 10.1 Å². The first-order chi connectivity index (χ1) is 11.8. The van der Waals surface area contributed by atoms with Gasteiger partial charge >= 0.3 is 5.97 Å². The fourth-order valence-electron chi connectivity index (χ4n) is 2.24. The maximum absolute atomic E-state index is 12.8. The highest BCUT2D eigenvalue weighted by molar-refractivity contribution is 7.90. The van der Waals surface area contributed by atoms with E-state index in [0.29, 0.717) is 9.89 Å². The highest BCUT2D eigenvalue weighted by atomic mass is 35.5. The van der Waals surface area contributed by atoms with E-state index >= 15 is 0 Å². The average Bonchev–Trinajstić information content (AvgIpc) is 3.25. The summed E-state index contributed by atoms with van der Waals surface area (Å²) in [6.45, 7) is 0.224. The van der Waals surface area contributed by atoms with Gasteiger partial charge in [0.25, 0.3) is 15.7 Å². The lowest BCUT2D eigenvalue weighted by Crippen LogP contribution is -2.20. The van der Waals surface area contributed by atoms with Crippen LogP contribution >= 0.6 is 11.6 Å². The van der Waals surface area contributed by atoms with Gasteiger partial charge in [0.05, 0.1) is 11.5 Å². The lowest BCUT2D eigenvalue weighted by Gasteiger charge is -2.11. The molecule has 0 atom stereocenters. The van der Waals surface area contributed by atoms with E-state index in [2.05, 4.69) is 0 Å². The van der Waals surface area contributed by atoms with E-state index in [0.717, 1.165) is 31.2 Å². The van der Waals surface area contributed by atoms with Crippen LogP contribution in [0.5, 0.6) is 0 Å².